The zero-order valence-electron chi connectivity index (χ0n) is 15.1. The van der Waals surface area contributed by atoms with Crippen molar-refractivity contribution in [1.29, 1.82) is 0 Å². The minimum atomic E-state index is 0.547. The van der Waals surface area contributed by atoms with Gasteiger partial charge in [-0.05, 0) is 34.1 Å². The van der Waals surface area contributed by atoms with E-state index in [-0.39, 0.29) is 0 Å². The maximum absolute atomic E-state index is 4.29. The van der Waals surface area contributed by atoms with E-state index in [0.29, 0.717) is 18.6 Å². The molecule has 23 heavy (non-hydrogen) atoms. The first kappa shape index (κ1) is 17.7. The smallest absolute Gasteiger partial charge is 0.191 e. The first-order valence-corrected chi connectivity index (χ1v) is 8.64. The van der Waals surface area contributed by atoms with Gasteiger partial charge < -0.3 is 15.2 Å². The van der Waals surface area contributed by atoms with Gasteiger partial charge in [-0.3, -0.25) is 9.89 Å². The van der Waals surface area contributed by atoms with Crippen LogP contribution >= 0.6 is 0 Å². The number of nitrogens with one attached hydrogen (secondary N) is 2. The summed E-state index contributed by atoms with van der Waals surface area (Å²) in [5.74, 6) is 2.91. The predicted molar refractivity (Wildman–Crippen MR) is 93.5 cm³/mol. The molecule has 0 aliphatic carbocycles. The second-order valence-corrected chi connectivity index (χ2v) is 6.57. The molecule has 0 atom stereocenters. The average Bonchev–Trinajstić information content (AvgIpc) is 3.09. The average molecular weight is 321 g/mol. The Morgan fingerprint density at radius 3 is 2.61 bits per heavy atom. The Hall–Kier alpha value is -1.63. The summed E-state index contributed by atoms with van der Waals surface area (Å²) < 4.78 is 2.21. The van der Waals surface area contributed by atoms with Crippen molar-refractivity contribution in [3.8, 4) is 0 Å². The molecule has 0 spiro atoms. The molecule has 0 radical (unpaired) electrons. The minimum absolute atomic E-state index is 0.547. The van der Waals surface area contributed by atoms with Gasteiger partial charge in [0.25, 0.3) is 0 Å². The van der Waals surface area contributed by atoms with Crippen molar-refractivity contribution in [2.24, 2.45) is 4.99 Å². The molecular weight excluding hydrogens is 290 g/mol. The van der Waals surface area contributed by atoms with E-state index in [2.05, 4.69) is 63.0 Å². The Kier molecular flexibility index (Phi) is 6.38. The topological polar surface area (TPSA) is 70.4 Å². The van der Waals surface area contributed by atoms with Gasteiger partial charge in [-0.1, -0.05) is 0 Å². The summed E-state index contributed by atoms with van der Waals surface area (Å²) in [5, 5.41) is 15.2. The molecule has 7 heteroatoms. The summed E-state index contributed by atoms with van der Waals surface area (Å²) in [4.78, 5) is 6.75. The van der Waals surface area contributed by atoms with Gasteiger partial charge in [0.2, 0.25) is 0 Å². The van der Waals surface area contributed by atoms with E-state index in [4.69, 9.17) is 0 Å². The largest absolute Gasteiger partial charge is 0.355 e. The monoisotopic (exact) mass is 321 g/mol. The third-order valence-corrected chi connectivity index (χ3v) is 4.31. The molecule has 0 bridgehead atoms. The van der Waals surface area contributed by atoms with Crippen LogP contribution in [0.5, 0.6) is 0 Å². The number of aromatic nitrogens is 3. The highest BCUT2D eigenvalue weighted by Gasteiger charge is 2.17. The van der Waals surface area contributed by atoms with Crippen LogP contribution in [0.25, 0.3) is 0 Å². The lowest BCUT2D eigenvalue weighted by Gasteiger charge is -2.30. The standard InChI is InChI=1S/C16H31N7/c1-12(2)22(13(3)4)10-8-18-16(17-5)19-11-15-21-20-14-7-6-9-23(14)15/h12-13H,6-11H2,1-5H3,(H2,17,18,19). The molecule has 7 nitrogen and oxygen atoms in total. The Labute approximate surface area is 139 Å². The summed E-state index contributed by atoms with van der Waals surface area (Å²) in [5.41, 5.74) is 0. The number of aryl methyl sites for hydroxylation is 1. The van der Waals surface area contributed by atoms with Crippen LogP contribution in [0, 0.1) is 0 Å². The molecule has 2 heterocycles. The van der Waals surface area contributed by atoms with E-state index in [1.165, 1.54) is 6.42 Å². The molecule has 0 saturated heterocycles. The normalized spacial score (nSPS) is 14.9. The molecule has 2 N–H and O–H groups in total. The van der Waals surface area contributed by atoms with Gasteiger partial charge in [0.1, 0.15) is 5.82 Å². The van der Waals surface area contributed by atoms with E-state index in [1.54, 1.807) is 7.05 Å². The Balaban J connectivity index is 1.77. The van der Waals surface area contributed by atoms with Gasteiger partial charge in [0.05, 0.1) is 6.54 Å². The zero-order valence-corrected chi connectivity index (χ0v) is 15.1. The Morgan fingerprint density at radius 2 is 1.96 bits per heavy atom. The molecule has 2 rings (SSSR count). The highest BCUT2D eigenvalue weighted by molar-refractivity contribution is 5.79. The van der Waals surface area contributed by atoms with Crippen molar-refractivity contribution < 1.29 is 0 Å². The molecule has 0 aromatic carbocycles. The van der Waals surface area contributed by atoms with Crippen LogP contribution in [-0.2, 0) is 19.5 Å². The van der Waals surface area contributed by atoms with Crippen molar-refractivity contribution in [2.75, 3.05) is 20.1 Å². The number of aliphatic imine (C=N–C) groups is 1. The van der Waals surface area contributed by atoms with Crippen molar-refractivity contribution in [1.82, 2.24) is 30.3 Å². The lowest BCUT2D eigenvalue weighted by atomic mass is 10.2. The van der Waals surface area contributed by atoms with Gasteiger partial charge in [0.15, 0.2) is 11.8 Å². The number of hydrogen-bond donors (Lipinski definition) is 2. The summed E-state index contributed by atoms with van der Waals surface area (Å²) in [6.45, 7) is 12.5. The SMILES string of the molecule is CN=C(NCCN(C(C)C)C(C)C)NCc1nnc2n1CCC2. The first-order valence-electron chi connectivity index (χ1n) is 8.64. The van der Waals surface area contributed by atoms with Crippen LogP contribution in [0.1, 0.15) is 45.8 Å². The maximum atomic E-state index is 4.29. The maximum Gasteiger partial charge on any atom is 0.191 e. The highest BCUT2D eigenvalue weighted by atomic mass is 15.3. The summed E-state index contributed by atoms with van der Waals surface area (Å²) >= 11 is 0. The molecular formula is C16H31N7. The van der Waals surface area contributed by atoms with Crippen LogP contribution in [-0.4, -0.2) is 57.8 Å². The molecule has 1 aromatic heterocycles. The lowest BCUT2D eigenvalue weighted by Crippen LogP contribution is -2.45. The van der Waals surface area contributed by atoms with Crippen molar-refractivity contribution in [2.45, 2.75) is 65.7 Å². The van der Waals surface area contributed by atoms with E-state index >= 15 is 0 Å². The van der Waals surface area contributed by atoms with Crippen molar-refractivity contribution in [3.05, 3.63) is 11.6 Å². The van der Waals surface area contributed by atoms with Gasteiger partial charge in [-0.25, -0.2) is 0 Å². The van der Waals surface area contributed by atoms with Crippen LogP contribution < -0.4 is 10.6 Å². The molecule has 1 aliphatic rings. The molecule has 0 amide bonds. The minimum Gasteiger partial charge on any atom is -0.355 e. The van der Waals surface area contributed by atoms with Gasteiger partial charge in [-0.2, -0.15) is 0 Å². The Bertz CT molecular complexity index is 510. The highest BCUT2D eigenvalue weighted by Crippen LogP contribution is 2.13. The summed E-state index contributed by atoms with van der Waals surface area (Å²) in [6.07, 6.45) is 2.21. The molecule has 1 aromatic rings. The van der Waals surface area contributed by atoms with Crippen molar-refractivity contribution >= 4 is 5.96 Å². The van der Waals surface area contributed by atoms with Crippen molar-refractivity contribution in [3.63, 3.8) is 0 Å². The van der Waals surface area contributed by atoms with Gasteiger partial charge >= 0.3 is 0 Å². The third-order valence-electron chi connectivity index (χ3n) is 4.31. The first-order chi connectivity index (χ1) is 11.0. The lowest BCUT2D eigenvalue weighted by molar-refractivity contribution is 0.178. The molecule has 0 saturated carbocycles. The quantitative estimate of drug-likeness (QED) is 0.579. The number of guanidine groups is 1. The zero-order chi connectivity index (χ0) is 16.8. The molecule has 0 unspecified atom stereocenters. The van der Waals surface area contributed by atoms with Crippen LogP contribution in [0.15, 0.2) is 4.99 Å². The van der Waals surface area contributed by atoms with Gasteiger partial charge in [-0.15, -0.1) is 10.2 Å². The fourth-order valence-electron chi connectivity index (χ4n) is 3.14. The second kappa shape index (κ2) is 8.29. The fraction of sp³-hybridized carbons (Fsp3) is 0.812. The van der Waals surface area contributed by atoms with E-state index < -0.39 is 0 Å². The number of hydrogen-bond acceptors (Lipinski definition) is 4. The Morgan fingerprint density at radius 1 is 1.22 bits per heavy atom. The fourth-order valence-corrected chi connectivity index (χ4v) is 3.14. The van der Waals surface area contributed by atoms with E-state index in [9.17, 15) is 0 Å². The molecule has 1 aliphatic heterocycles. The van der Waals surface area contributed by atoms with Crippen LogP contribution in [0.3, 0.4) is 0 Å². The second-order valence-electron chi connectivity index (χ2n) is 6.57. The summed E-state index contributed by atoms with van der Waals surface area (Å²) in [6, 6.07) is 1.09. The van der Waals surface area contributed by atoms with E-state index in [1.807, 2.05) is 0 Å². The summed E-state index contributed by atoms with van der Waals surface area (Å²) in [7, 11) is 1.80. The number of rotatable bonds is 7. The van der Waals surface area contributed by atoms with Gasteiger partial charge in [0, 0.05) is 45.2 Å². The predicted octanol–water partition coefficient (Wildman–Crippen LogP) is 1.01. The van der Waals surface area contributed by atoms with E-state index in [0.717, 1.165) is 43.7 Å². The molecule has 130 valence electrons. The third kappa shape index (κ3) is 4.67. The number of nitrogens with zero attached hydrogens (tertiary/aromatic N) is 5. The molecule has 0 fully saturated rings. The van der Waals surface area contributed by atoms with Crippen LogP contribution in [0.4, 0.5) is 0 Å². The van der Waals surface area contributed by atoms with Crippen LogP contribution in [0.2, 0.25) is 0 Å². The number of fused-ring (bicyclic) bond motifs is 1.